The first kappa shape index (κ1) is 16.2. The number of ether oxygens (including phenoxy) is 1. The standard InChI is InChI=1S/C12H21N3O5/c1-12(2,10(13)18)7-14-11(19)15-3-4-20-8(6-15)5-9(16)17/h8H,3-7H2,1-2H3,(H2,13,18)(H,14,19)(H,16,17). The molecule has 114 valence electrons. The highest BCUT2D eigenvalue weighted by atomic mass is 16.5. The van der Waals surface area contributed by atoms with Crippen LogP contribution in [0.5, 0.6) is 0 Å². The third kappa shape index (κ3) is 4.69. The number of nitrogens with one attached hydrogen (secondary N) is 1. The second-order valence-corrected chi connectivity index (χ2v) is 5.44. The molecule has 4 N–H and O–H groups in total. The van der Waals surface area contributed by atoms with Crippen molar-refractivity contribution in [2.75, 3.05) is 26.2 Å². The molecule has 0 radical (unpaired) electrons. The number of nitrogens with zero attached hydrogens (tertiary/aromatic N) is 1. The van der Waals surface area contributed by atoms with Gasteiger partial charge in [0.1, 0.15) is 0 Å². The first-order chi connectivity index (χ1) is 9.22. The Bertz CT molecular complexity index is 397. The van der Waals surface area contributed by atoms with Crippen molar-refractivity contribution in [1.82, 2.24) is 10.2 Å². The summed E-state index contributed by atoms with van der Waals surface area (Å²) >= 11 is 0. The van der Waals surface area contributed by atoms with Crippen LogP contribution in [0.4, 0.5) is 4.79 Å². The summed E-state index contributed by atoms with van der Waals surface area (Å²) in [4.78, 5) is 35.2. The Morgan fingerprint density at radius 1 is 1.45 bits per heavy atom. The zero-order valence-electron chi connectivity index (χ0n) is 11.7. The number of carboxylic acids is 1. The monoisotopic (exact) mass is 287 g/mol. The molecule has 0 saturated carbocycles. The van der Waals surface area contributed by atoms with E-state index < -0.39 is 23.4 Å². The summed E-state index contributed by atoms with van der Waals surface area (Å²) < 4.78 is 5.28. The quantitative estimate of drug-likeness (QED) is 0.622. The number of carbonyl (C=O) groups excluding carboxylic acids is 2. The molecule has 0 aromatic heterocycles. The number of morpholine rings is 1. The van der Waals surface area contributed by atoms with E-state index in [-0.39, 0.29) is 25.5 Å². The van der Waals surface area contributed by atoms with Gasteiger partial charge in [-0.05, 0) is 13.8 Å². The molecule has 0 aliphatic carbocycles. The van der Waals surface area contributed by atoms with Gasteiger partial charge in [0, 0.05) is 19.6 Å². The number of primary amides is 1. The van der Waals surface area contributed by atoms with Gasteiger partial charge in [0.05, 0.1) is 24.5 Å². The van der Waals surface area contributed by atoms with Crippen molar-refractivity contribution in [1.29, 1.82) is 0 Å². The average Bonchev–Trinajstić information content (AvgIpc) is 2.35. The van der Waals surface area contributed by atoms with Crippen molar-refractivity contribution >= 4 is 17.9 Å². The highest BCUT2D eigenvalue weighted by Crippen LogP contribution is 2.13. The van der Waals surface area contributed by atoms with Gasteiger partial charge in [-0.1, -0.05) is 0 Å². The van der Waals surface area contributed by atoms with Crippen molar-refractivity contribution < 1.29 is 24.2 Å². The van der Waals surface area contributed by atoms with Crippen molar-refractivity contribution in [3.8, 4) is 0 Å². The Balaban J connectivity index is 2.47. The van der Waals surface area contributed by atoms with Crippen LogP contribution in [0.2, 0.25) is 0 Å². The summed E-state index contributed by atoms with van der Waals surface area (Å²) in [7, 11) is 0. The minimum Gasteiger partial charge on any atom is -0.481 e. The number of aliphatic carboxylic acids is 1. The Labute approximate surface area is 117 Å². The smallest absolute Gasteiger partial charge is 0.317 e. The molecule has 0 aromatic carbocycles. The molecule has 1 saturated heterocycles. The number of hydrogen-bond donors (Lipinski definition) is 3. The molecular weight excluding hydrogens is 266 g/mol. The van der Waals surface area contributed by atoms with Gasteiger partial charge in [0.25, 0.3) is 0 Å². The predicted octanol–water partition coefficient (Wildman–Crippen LogP) is -0.617. The highest BCUT2D eigenvalue weighted by Gasteiger charge is 2.29. The second kappa shape index (κ2) is 6.56. The molecule has 3 amide bonds. The summed E-state index contributed by atoms with van der Waals surface area (Å²) in [5.41, 5.74) is 4.39. The van der Waals surface area contributed by atoms with Crippen molar-refractivity contribution in [3.05, 3.63) is 0 Å². The number of nitrogens with two attached hydrogens (primary N) is 1. The van der Waals surface area contributed by atoms with Gasteiger partial charge in [-0.15, -0.1) is 0 Å². The second-order valence-electron chi connectivity index (χ2n) is 5.44. The summed E-state index contributed by atoms with van der Waals surface area (Å²) in [6.07, 6.45) is -0.646. The summed E-state index contributed by atoms with van der Waals surface area (Å²) in [6, 6.07) is -0.349. The van der Waals surface area contributed by atoms with E-state index in [0.717, 1.165) is 0 Å². The number of hydrogen-bond acceptors (Lipinski definition) is 4. The molecule has 0 bridgehead atoms. The van der Waals surface area contributed by atoms with Gasteiger partial charge in [-0.25, -0.2) is 4.79 Å². The molecule has 8 heteroatoms. The minimum absolute atomic E-state index is 0.127. The zero-order chi connectivity index (χ0) is 15.3. The number of urea groups is 1. The third-order valence-corrected chi connectivity index (χ3v) is 3.18. The molecule has 1 heterocycles. The van der Waals surface area contributed by atoms with Gasteiger partial charge < -0.3 is 25.8 Å². The van der Waals surface area contributed by atoms with Crippen molar-refractivity contribution in [2.24, 2.45) is 11.1 Å². The van der Waals surface area contributed by atoms with Crippen LogP contribution in [-0.2, 0) is 14.3 Å². The Kier molecular flexibility index (Phi) is 5.32. The normalized spacial score (nSPS) is 19.5. The fraction of sp³-hybridized carbons (Fsp3) is 0.750. The number of carbonyl (C=O) groups is 3. The van der Waals surface area contributed by atoms with Crippen molar-refractivity contribution in [2.45, 2.75) is 26.4 Å². The van der Waals surface area contributed by atoms with Gasteiger partial charge in [-0.2, -0.15) is 0 Å². The zero-order valence-corrected chi connectivity index (χ0v) is 11.7. The van der Waals surface area contributed by atoms with E-state index in [1.54, 1.807) is 13.8 Å². The number of amides is 3. The molecule has 1 fully saturated rings. The van der Waals surface area contributed by atoms with Crippen LogP contribution in [0, 0.1) is 5.41 Å². The lowest BCUT2D eigenvalue weighted by atomic mass is 9.93. The molecule has 1 rings (SSSR count). The Hall–Kier alpha value is -1.83. The SMILES string of the molecule is CC(C)(CNC(=O)N1CCOC(CC(=O)O)C1)C(N)=O. The highest BCUT2D eigenvalue weighted by molar-refractivity contribution is 5.81. The largest absolute Gasteiger partial charge is 0.481 e. The van der Waals surface area contributed by atoms with Gasteiger partial charge in [0.2, 0.25) is 5.91 Å². The fourth-order valence-electron chi connectivity index (χ4n) is 1.72. The van der Waals surface area contributed by atoms with Crippen LogP contribution in [0.1, 0.15) is 20.3 Å². The lowest BCUT2D eigenvalue weighted by molar-refractivity contribution is -0.141. The lowest BCUT2D eigenvalue weighted by Gasteiger charge is -2.33. The van der Waals surface area contributed by atoms with E-state index in [2.05, 4.69) is 5.32 Å². The third-order valence-electron chi connectivity index (χ3n) is 3.18. The summed E-state index contributed by atoms with van der Waals surface area (Å²) in [6.45, 7) is 4.31. The fourth-order valence-corrected chi connectivity index (χ4v) is 1.72. The van der Waals surface area contributed by atoms with Crippen LogP contribution in [-0.4, -0.2) is 60.3 Å². The first-order valence-electron chi connectivity index (χ1n) is 6.38. The van der Waals surface area contributed by atoms with E-state index in [1.807, 2.05) is 0 Å². The molecule has 1 atom stereocenters. The van der Waals surface area contributed by atoms with E-state index in [0.29, 0.717) is 13.2 Å². The van der Waals surface area contributed by atoms with Crippen LogP contribution in [0.15, 0.2) is 0 Å². The predicted molar refractivity (Wildman–Crippen MR) is 69.9 cm³/mol. The van der Waals surface area contributed by atoms with Gasteiger partial charge in [0.15, 0.2) is 0 Å². The van der Waals surface area contributed by atoms with Gasteiger partial charge >= 0.3 is 12.0 Å². The van der Waals surface area contributed by atoms with E-state index in [9.17, 15) is 14.4 Å². The van der Waals surface area contributed by atoms with Crippen LogP contribution < -0.4 is 11.1 Å². The molecule has 0 spiro atoms. The van der Waals surface area contributed by atoms with Crippen LogP contribution in [0.3, 0.4) is 0 Å². The molecule has 1 unspecified atom stereocenters. The topological polar surface area (TPSA) is 122 Å². The maximum absolute atomic E-state index is 12.0. The molecule has 8 nitrogen and oxygen atoms in total. The molecular formula is C12H21N3O5. The van der Waals surface area contributed by atoms with E-state index in [4.69, 9.17) is 15.6 Å². The van der Waals surface area contributed by atoms with Gasteiger partial charge in [-0.3, -0.25) is 9.59 Å². The summed E-state index contributed by atoms with van der Waals surface area (Å²) in [5.74, 6) is -1.46. The number of carboxylic acid groups (broad SMARTS) is 1. The van der Waals surface area contributed by atoms with Crippen LogP contribution in [0.25, 0.3) is 0 Å². The maximum Gasteiger partial charge on any atom is 0.317 e. The lowest BCUT2D eigenvalue weighted by Crippen LogP contribution is -2.52. The average molecular weight is 287 g/mol. The molecule has 1 aliphatic heterocycles. The Morgan fingerprint density at radius 2 is 2.10 bits per heavy atom. The van der Waals surface area contributed by atoms with E-state index >= 15 is 0 Å². The van der Waals surface area contributed by atoms with Crippen LogP contribution >= 0.6 is 0 Å². The maximum atomic E-state index is 12.0. The van der Waals surface area contributed by atoms with Crippen molar-refractivity contribution in [3.63, 3.8) is 0 Å². The number of rotatable bonds is 5. The minimum atomic E-state index is -0.966. The molecule has 0 aromatic rings. The molecule has 20 heavy (non-hydrogen) atoms. The first-order valence-corrected chi connectivity index (χ1v) is 6.38. The Morgan fingerprint density at radius 3 is 2.65 bits per heavy atom. The molecule has 1 aliphatic rings. The van der Waals surface area contributed by atoms with E-state index in [1.165, 1.54) is 4.90 Å². The summed E-state index contributed by atoms with van der Waals surface area (Å²) in [5, 5.41) is 11.3.